The Bertz CT molecular complexity index is 357. The second-order valence-electron chi connectivity index (χ2n) is 7.66. The SMILES string of the molecule is CC1NCCCN(C23CC4CC(CC(C4)C2)C3)C1=O. The summed E-state index contributed by atoms with van der Waals surface area (Å²) in [6, 6.07) is 0.0236. The summed E-state index contributed by atoms with van der Waals surface area (Å²) >= 11 is 0. The number of nitrogens with zero attached hydrogens (tertiary/aromatic N) is 1. The third-order valence-corrected chi connectivity index (χ3v) is 6.22. The van der Waals surface area contributed by atoms with E-state index in [0.717, 1.165) is 37.3 Å². The van der Waals surface area contributed by atoms with Gasteiger partial charge >= 0.3 is 0 Å². The number of hydrogen-bond donors (Lipinski definition) is 1. The molecule has 106 valence electrons. The Morgan fingerprint density at radius 1 is 1.11 bits per heavy atom. The highest BCUT2D eigenvalue weighted by Gasteiger charge is 2.54. The predicted octanol–water partition coefficient (Wildman–Crippen LogP) is 2.17. The van der Waals surface area contributed by atoms with Gasteiger partial charge in [0.25, 0.3) is 0 Å². The minimum Gasteiger partial charge on any atom is -0.336 e. The highest BCUT2D eigenvalue weighted by Crippen LogP contribution is 2.57. The van der Waals surface area contributed by atoms with Gasteiger partial charge in [0.1, 0.15) is 0 Å². The van der Waals surface area contributed by atoms with E-state index in [1.807, 2.05) is 6.92 Å². The summed E-state index contributed by atoms with van der Waals surface area (Å²) in [4.78, 5) is 15.0. The molecule has 4 saturated carbocycles. The van der Waals surface area contributed by atoms with Gasteiger partial charge in [-0.2, -0.15) is 0 Å². The average Bonchev–Trinajstić information content (AvgIpc) is 2.51. The van der Waals surface area contributed by atoms with Gasteiger partial charge in [-0.3, -0.25) is 4.79 Å². The van der Waals surface area contributed by atoms with E-state index in [2.05, 4.69) is 10.2 Å². The largest absolute Gasteiger partial charge is 0.336 e. The van der Waals surface area contributed by atoms with Gasteiger partial charge in [0.05, 0.1) is 6.04 Å². The van der Waals surface area contributed by atoms with Gasteiger partial charge < -0.3 is 10.2 Å². The van der Waals surface area contributed by atoms with Crippen LogP contribution in [-0.4, -0.2) is 35.5 Å². The van der Waals surface area contributed by atoms with Gasteiger partial charge in [0, 0.05) is 12.1 Å². The molecule has 4 aliphatic carbocycles. The Labute approximate surface area is 116 Å². The van der Waals surface area contributed by atoms with E-state index in [9.17, 15) is 4.79 Å². The van der Waals surface area contributed by atoms with E-state index in [0.29, 0.717) is 5.91 Å². The lowest BCUT2D eigenvalue weighted by Crippen LogP contribution is -2.63. The van der Waals surface area contributed by atoms with Crippen LogP contribution in [0.2, 0.25) is 0 Å². The van der Waals surface area contributed by atoms with Crippen molar-refractivity contribution in [2.75, 3.05) is 13.1 Å². The molecule has 1 amide bonds. The molecule has 19 heavy (non-hydrogen) atoms. The Hall–Kier alpha value is -0.570. The lowest BCUT2D eigenvalue weighted by molar-refractivity contribution is -0.151. The molecule has 0 radical (unpaired) electrons. The molecule has 4 bridgehead atoms. The summed E-state index contributed by atoms with van der Waals surface area (Å²) < 4.78 is 0. The minimum absolute atomic E-state index is 0.0236. The van der Waals surface area contributed by atoms with E-state index in [-0.39, 0.29) is 11.6 Å². The molecular weight excluding hydrogens is 236 g/mol. The molecule has 5 rings (SSSR count). The molecule has 3 heteroatoms. The van der Waals surface area contributed by atoms with Crippen LogP contribution in [0.25, 0.3) is 0 Å². The van der Waals surface area contributed by atoms with Crippen LogP contribution in [0.15, 0.2) is 0 Å². The molecule has 0 aromatic heterocycles. The minimum atomic E-state index is 0.0236. The Morgan fingerprint density at radius 2 is 1.68 bits per heavy atom. The van der Waals surface area contributed by atoms with Crippen LogP contribution >= 0.6 is 0 Å². The van der Waals surface area contributed by atoms with Crippen LogP contribution in [0.1, 0.15) is 51.9 Å². The summed E-state index contributed by atoms with van der Waals surface area (Å²) in [6.07, 6.45) is 9.39. The molecule has 5 fully saturated rings. The van der Waals surface area contributed by atoms with Crippen molar-refractivity contribution in [3.63, 3.8) is 0 Å². The molecule has 1 unspecified atom stereocenters. The summed E-state index contributed by atoms with van der Waals surface area (Å²) in [7, 11) is 0. The van der Waals surface area contributed by atoms with Gasteiger partial charge in [-0.1, -0.05) is 0 Å². The fraction of sp³-hybridized carbons (Fsp3) is 0.938. The van der Waals surface area contributed by atoms with E-state index < -0.39 is 0 Å². The molecule has 0 aromatic carbocycles. The molecular formula is C16H26N2O. The normalized spacial score (nSPS) is 49.5. The number of carbonyl (C=O) groups is 1. The van der Waals surface area contributed by atoms with Crippen LogP contribution in [0, 0.1) is 17.8 Å². The summed E-state index contributed by atoms with van der Waals surface area (Å²) in [5.74, 6) is 3.14. The maximum absolute atomic E-state index is 12.7. The Kier molecular flexibility index (Phi) is 2.70. The van der Waals surface area contributed by atoms with E-state index in [1.54, 1.807) is 0 Å². The standard InChI is InChI=1S/C16H26N2O/c1-11-15(19)18(4-2-3-17-11)16-8-12-5-13(9-16)7-14(6-12)10-16/h11-14,17H,2-10H2,1H3. The first-order valence-electron chi connectivity index (χ1n) is 8.21. The molecule has 5 aliphatic rings. The maximum Gasteiger partial charge on any atom is 0.239 e. The van der Waals surface area contributed by atoms with Crippen molar-refractivity contribution in [3.8, 4) is 0 Å². The van der Waals surface area contributed by atoms with Crippen LogP contribution < -0.4 is 5.32 Å². The van der Waals surface area contributed by atoms with Gasteiger partial charge in [0.2, 0.25) is 5.91 Å². The maximum atomic E-state index is 12.7. The number of hydrogen-bond acceptors (Lipinski definition) is 2. The Morgan fingerprint density at radius 3 is 2.26 bits per heavy atom. The molecule has 1 aliphatic heterocycles. The van der Waals surface area contributed by atoms with Crippen molar-refractivity contribution < 1.29 is 4.79 Å². The fourth-order valence-corrected chi connectivity index (χ4v) is 5.85. The molecule has 0 spiro atoms. The zero-order valence-corrected chi connectivity index (χ0v) is 12.0. The van der Waals surface area contributed by atoms with Crippen molar-refractivity contribution in [3.05, 3.63) is 0 Å². The second-order valence-corrected chi connectivity index (χ2v) is 7.66. The lowest BCUT2D eigenvalue weighted by atomic mass is 9.52. The van der Waals surface area contributed by atoms with Crippen molar-refractivity contribution in [1.82, 2.24) is 10.2 Å². The fourth-order valence-electron chi connectivity index (χ4n) is 5.85. The molecule has 1 atom stereocenters. The lowest BCUT2D eigenvalue weighted by Gasteiger charge is -2.60. The number of nitrogens with one attached hydrogen (secondary N) is 1. The monoisotopic (exact) mass is 262 g/mol. The molecule has 3 nitrogen and oxygen atoms in total. The van der Waals surface area contributed by atoms with Gasteiger partial charge in [-0.05, 0) is 76.2 Å². The first-order chi connectivity index (χ1) is 9.16. The molecule has 0 aromatic rings. The first-order valence-corrected chi connectivity index (χ1v) is 8.21. The number of rotatable bonds is 1. The van der Waals surface area contributed by atoms with Crippen LogP contribution in [0.5, 0.6) is 0 Å². The summed E-state index contributed by atoms with van der Waals surface area (Å²) in [6.45, 7) is 4.03. The second kappa shape index (κ2) is 4.21. The Balaban J connectivity index is 1.65. The average molecular weight is 262 g/mol. The first kappa shape index (κ1) is 12.2. The van der Waals surface area contributed by atoms with E-state index in [4.69, 9.17) is 0 Å². The van der Waals surface area contributed by atoms with Gasteiger partial charge in [-0.25, -0.2) is 0 Å². The number of carbonyl (C=O) groups excluding carboxylic acids is 1. The van der Waals surface area contributed by atoms with Crippen LogP contribution in [-0.2, 0) is 4.79 Å². The highest BCUT2D eigenvalue weighted by atomic mass is 16.2. The molecule has 1 N–H and O–H groups in total. The smallest absolute Gasteiger partial charge is 0.239 e. The predicted molar refractivity (Wildman–Crippen MR) is 74.7 cm³/mol. The van der Waals surface area contributed by atoms with Crippen molar-refractivity contribution in [1.29, 1.82) is 0 Å². The third-order valence-electron chi connectivity index (χ3n) is 6.22. The zero-order valence-electron chi connectivity index (χ0n) is 12.0. The van der Waals surface area contributed by atoms with Gasteiger partial charge in [0.15, 0.2) is 0 Å². The quantitative estimate of drug-likeness (QED) is 0.785. The summed E-state index contributed by atoms with van der Waals surface area (Å²) in [5, 5.41) is 3.37. The summed E-state index contributed by atoms with van der Waals surface area (Å²) in [5.41, 5.74) is 0.256. The van der Waals surface area contributed by atoms with Crippen molar-refractivity contribution in [2.24, 2.45) is 17.8 Å². The van der Waals surface area contributed by atoms with Crippen LogP contribution in [0.3, 0.4) is 0 Å². The molecule has 1 saturated heterocycles. The topological polar surface area (TPSA) is 32.3 Å². The number of amides is 1. The van der Waals surface area contributed by atoms with Crippen molar-refractivity contribution >= 4 is 5.91 Å². The third kappa shape index (κ3) is 1.84. The van der Waals surface area contributed by atoms with Crippen molar-refractivity contribution in [2.45, 2.75) is 63.5 Å². The zero-order chi connectivity index (χ0) is 13.0. The van der Waals surface area contributed by atoms with E-state index >= 15 is 0 Å². The highest BCUT2D eigenvalue weighted by molar-refractivity contribution is 5.82. The van der Waals surface area contributed by atoms with E-state index in [1.165, 1.54) is 38.5 Å². The van der Waals surface area contributed by atoms with Gasteiger partial charge in [-0.15, -0.1) is 0 Å². The van der Waals surface area contributed by atoms with Crippen LogP contribution in [0.4, 0.5) is 0 Å². The molecule has 1 heterocycles.